The molecule has 0 amide bonds. The Balaban J connectivity index is 2.23. The second kappa shape index (κ2) is 6.08. The zero-order chi connectivity index (χ0) is 15.6. The van der Waals surface area contributed by atoms with Gasteiger partial charge in [0.1, 0.15) is 12.1 Å². The molecule has 1 aromatic heterocycles. The van der Waals surface area contributed by atoms with Crippen LogP contribution < -0.4 is 10.4 Å². The van der Waals surface area contributed by atoms with E-state index in [1.54, 1.807) is 6.07 Å². The SMILES string of the molecule is CS(=O)(=O)NCCn1ncn(-c2ccc(Br)cc2F)c1=O. The maximum atomic E-state index is 13.8. The van der Waals surface area contributed by atoms with E-state index < -0.39 is 21.5 Å². The molecule has 1 heterocycles. The van der Waals surface area contributed by atoms with Gasteiger partial charge in [0, 0.05) is 11.0 Å². The van der Waals surface area contributed by atoms with Crippen LogP contribution in [0.5, 0.6) is 0 Å². The van der Waals surface area contributed by atoms with Crippen molar-refractivity contribution < 1.29 is 12.8 Å². The Morgan fingerprint density at radius 2 is 2.14 bits per heavy atom. The molecule has 7 nitrogen and oxygen atoms in total. The zero-order valence-electron chi connectivity index (χ0n) is 11.0. The molecule has 1 aromatic carbocycles. The van der Waals surface area contributed by atoms with Crippen LogP contribution in [0.2, 0.25) is 0 Å². The Morgan fingerprint density at radius 1 is 1.43 bits per heavy atom. The molecule has 114 valence electrons. The number of benzene rings is 1. The van der Waals surface area contributed by atoms with Crippen molar-refractivity contribution in [1.82, 2.24) is 19.1 Å². The Labute approximate surface area is 128 Å². The van der Waals surface area contributed by atoms with Crippen LogP contribution >= 0.6 is 15.9 Å². The number of rotatable bonds is 5. The van der Waals surface area contributed by atoms with Crippen LogP contribution in [0, 0.1) is 5.82 Å². The standard InChI is InChI=1S/C11H12BrFN4O3S/c1-21(19,20)15-4-5-17-11(18)16(7-14-17)10-3-2-8(12)6-9(10)13/h2-3,6-7,15H,4-5H2,1H3. The summed E-state index contributed by atoms with van der Waals surface area (Å²) in [6.45, 7) is 0.0790. The van der Waals surface area contributed by atoms with E-state index in [0.29, 0.717) is 4.47 Å². The van der Waals surface area contributed by atoms with Crippen molar-refractivity contribution in [2.75, 3.05) is 12.8 Å². The van der Waals surface area contributed by atoms with E-state index in [4.69, 9.17) is 0 Å². The van der Waals surface area contributed by atoms with E-state index in [0.717, 1.165) is 15.5 Å². The molecule has 2 aromatic rings. The van der Waals surface area contributed by atoms with Gasteiger partial charge in [-0.2, -0.15) is 5.10 Å². The predicted molar refractivity (Wildman–Crippen MR) is 78.3 cm³/mol. The topological polar surface area (TPSA) is 86.0 Å². The van der Waals surface area contributed by atoms with Crippen molar-refractivity contribution in [2.45, 2.75) is 6.54 Å². The lowest BCUT2D eigenvalue weighted by Gasteiger charge is -2.03. The summed E-state index contributed by atoms with van der Waals surface area (Å²) >= 11 is 3.13. The quantitative estimate of drug-likeness (QED) is 0.819. The van der Waals surface area contributed by atoms with Gasteiger partial charge in [0.15, 0.2) is 0 Å². The van der Waals surface area contributed by atoms with Gasteiger partial charge in [-0.25, -0.2) is 31.6 Å². The van der Waals surface area contributed by atoms with E-state index in [2.05, 4.69) is 25.8 Å². The van der Waals surface area contributed by atoms with Gasteiger partial charge in [0.2, 0.25) is 10.0 Å². The smallest absolute Gasteiger partial charge is 0.247 e. The van der Waals surface area contributed by atoms with Crippen molar-refractivity contribution in [1.29, 1.82) is 0 Å². The summed E-state index contributed by atoms with van der Waals surface area (Å²) in [5.41, 5.74) is -0.475. The Bertz CT molecular complexity index is 815. The summed E-state index contributed by atoms with van der Waals surface area (Å²) in [5.74, 6) is -0.569. The largest absolute Gasteiger partial charge is 0.350 e. The molecule has 10 heteroatoms. The molecule has 0 bridgehead atoms. The number of nitrogens with one attached hydrogen (secondary N) is 1. The van der Waals surface area contributed by atoms with Crippen molar-refractivity contribution in [3.8, 4) is 5.69 Å². The minimum Gasteiger partial charge on any atom is -0.247 e. The number of sulfonamides is 1. The number of nitrogens with zero attached hydrogens (tertiary/aromatic N) is 3. The van der Waals surface area contributed by atoms with Crippen LogP contribution in [0.25, 0.3) is 5.69 Å². The Morgan fingerprint density at radius 3 is 2.76 bits per heavy atom. The molecule has 0 radical (unpaired) electrons. The van der Waals surface area contributed by atoms with Gasteiger partial charge in [-0.3, -0.25) is 0 Å². The molecule has 0 saturated carbocycles. The zero-order valence-corrected chi connectivity index (χ0v) is 13.4. The van der Waals surface area contributed by atoms with E-state index in [-0.39, 0.29) is 18.8 Å². The van der Waals surface area contributed by atoms with E-state index in [9.17, 15) is 17.6 Å². The summed E-state index contributed by atoms with van der Waals surface area (Å²) < 4.78 is 40.6. The predicted octanol–water partition coefficient (Wildman–Crippen LogP) is 0.485. The number of halogens is 2. The maximum Gasteiger partial charge on any atom is 0.350 e. The molecule has 1 N–H and O–H groups in total. The molecule has 0 aliphatic heterocycles. The lowest BCUT2D eigenvalue weighted by atomic mass is 10.3. The van der Waals surface area contributed by atoms with Gasteiger partial charge in [-0.15, -0.1) is 0 Å². The molecule has 0 aliphatic rings. The number of aromatic nitrogens is 3. The third-order valence-electron chi connectivity index (χ3n) is 2.59. The average Bonchev–Trinajstić information content (AvgIpc) is 2.70. The van der Waals surface area contributed by atoms with E-state index in [1.807, 2.05) is 0 Å². The van der Waals surface area contributed by atoms with Crippen molar-refractivity contribution in [2.24, 2.45) is 0 Å². The third-order valence-corrected chi connectivity index (χ3v) is 3.81. The first-order valence-corrected chi connectivity index (χ1v) is 8.51. The van der Waals surface area contributed by atoms with Gasteiger partial charge < -0.3 is 0 Å². The Kier molecular flexibility index (Phi) is 4.59. The second-order valence-corrected chi connectivity index (χ2v) is 7.02. The summed E-state index contributed by atoms with van der Waals surface area (Å²) in [6, 6.07) is 4.29. The third kappa shape index (κ3) is 3.99. The molecule has 0 fully saturated rings. The molecular weight excluding hydrogens is 367 g/mol. The molecule has 0 saturated heterocycles. The number of hydrogen-bond donors (Lipinski definition) is 1. The molecule has 0 atom stereocenters. The van der Waals surface area contributed by atoms with Crippen LogP contribution in [0.4, 0.5) is 4.39 Å². The second-order valence-electron chi connectivity index (χ2n) is 4.27. The van der Waals surface area contributed by atoms with Crippen molar-refractivity contribution in [3.63, 3.8) is 0 Å². The highest BCUT2D eigenvalue weighted by Crippen LogP contribution is 2.17. The first kappa shape index (κ1) is 15.9. The van der Waals surface area contributed by atoms with Gasteiger partial charge in [0.25, 0.3) is 0 Å². The molecule has 21 heavy (non-hydrogen) atoms. The first-order chi connectivity index (χ1) is 9.78. The van der Waals surface area contributed by atoms with Crippen LogP contribution in [-0.4, -0.2) is 35.6 Å². The fourth-order valence-corrected chi connectivity index (χ4v) is 2.46. The van der Waals surface area contributed by atoms with Crippen molar-refractivity contribution in [3.05, 3.63) is 45.3 Å². The van der Waals surface area contributed by atoms with Gasteiger partial charge in [-0.05, 0) is 18.2 Å². The number of hydrogen-bond acceptors (Lipinski definition) is 4. The van der Waals surface area contributed by atoms with E-state index >= 15 is 0 Å². The molecule has 2 rings (SSSR count). The summed E-state index contributed by atoms with van der Waals surface area (Å²) in [5, 5.41) is 3.83. The first-order valence-electron chi connectivity index (χ1n) is 5.82. The van der Waals surface area contributed by atoms with Crippen LogP contribution in [0.3, 0.4) is 0 Å². The average molecular weight is 379 g/mol. The molecule has 0 aliphatic carbocycles. The van der Waals surface area contributed by atoms with E-state index in [1.165, 1.54) is 18.5 Å². The minimum atomic E-state index is -3.33. The van der Waals surface area contributed by atoms with Gasteiger partial charge in [0.05, 0.1) is 18.5 Å². The summed E-state index contributed by atoms with van der Waals surface area (Å²) in [6.07, 6.45) is 2.21. The highest BCUT2D eigenvalue weighted by molar-refractivity contribution is 9.10. The van der Waals surface area contributed by atoms with Crippen LogP contribution in [0.1, 0.15) is 0 Å². The lowest BCUT2D eigenvalue weighted by Crippen LogP contribution is -2.31. The van der Waals surface area contributed by atoms with Gasteiger partial charge in [-0.1, -0.05) is 15.9 Å². The van der Waals surface area contributed by atoms with Gasteiger partial charge >= 0.3 is 5.69 Å². The monoisotopic (exact) mass is 378 g/mol. The maximum absolute atomic E-state index is 13.8. The molecule has 0 unspecified atom stereocenters. The fraction of sp³-hybridized carbons (Fsp3) is 0.273. The molecular formula is C11H12BrFN4O3S. The highest BCUT2D eigenvalue weighted by atomic mass is 79.9. The Hall–Kier alpha value is -1.52. The van der Waals surface area contributed by atoms with Crippen LogP contribution in [-0.2, 0) is 16.6 Å². The fourth-order valence-electron chi connectivity index (χ4n) is 1.67. The highest BCUT2D eigenvalue weighted by Gasteiger charge is 2.11. The lowest BCUT2D eigenvalue weighted by molar-refractivity contribution is 0.555. The minimum absolute atomic E-state index is 0.0264. The summed E-state index contributed by atoms with van der Waals surface area (Å²) in [4.78, 5) is 12.1. The van der Waals surface area contributed by atoms with Crippen molar-refractivity contribution >= 4 is 26.0 Å². The summed E-state index contributed by atoms with van der Waals surface area (Å²) in [7, 11) is -3.33. The normalized spacial score (nSPS) is 11.8. The molecule has 0 spiro atoms. The van der Waals surface area contributed by atoms with Crippen LogP contribution in [0.15, 0.2) is 33.8 Å².